The van der Waals surface area contributed by atoms with Crippen molar-refractivity contribution in [2.24, 2.45) is 0 Å². The average Bonchev–Trinajstić information content (AvgIpc) is 2.78. The minimum atomic E-state index is -4.59. The van der Waals surface area contributed by atoms with E-state index in [0.29, 0.717) is 6.07 Å². The van der Waals surface area contributed by atoms with E-state index in [2.05, 4.69) is 5.32 Å². The Morgan fingerprint density at radius 1 is 1.17 bits per heavy atom. The Labute approximate surface area is 139 Å². The maximum absolute atomic E-state index is 15.5. The summed E-state index contributed by atoms with van der Waals surface area (Å²) in [6.07, 6.45) is -4.59. The summed E-state index contributed by atoms with van der Waals surface area (Å²) in [5, 5.41) is 2.38. The van der Waals surface area contributed by atoms with E-state index in [1.165, 1.54) is 25.3 Å². The van der Waals surface area contributed by atoms with Gasteiger partial charge in [0.05, 0.1) is 17.7 Å². The second kappa shape index (κ2) is 5.37. The van der Waals surface area contributed by atoms with Crippen LogP contribution in [0, 0.1) is 0 Å². The third-order valence-corrected chi connectivity index (χ3v) is 4.14. The van der Waals surface area contributed by atoms with Gasteiger partial charge in [-0.3, -0.25) is 4.79 Å². The molecule has 0 saturated heterocycles. The molecule has 0 saturated carbocycles. The largest absolute Gasteiger partial charge is 0.495 e. The molecule has 1 aliphatic heterocycles. The molecule has 0 aromatic heterocycles. The van der Waals surface area contributed by atoms with Crippen molar-refractivity contribution in [3.05, 3.63) is 58.1 Å². The lowest BCUT2D eigenvalue weighted by Gasteiger charge is -2.20. The Kier molecular flexibility index (Phi) is 3.71. The summed E-state index contributed by atoms with van der Waals surface area (Å²) in [5.74, 6) is -0.916. The molecule has 3 nitrogen and oxygen atoms in total. The average molecular weight is 360 g/mol. The Hall–Kier alpha value is -2.28. The van der Waals surface area contributed by atoms with E-state index in [1.54, 1.807) is 0 Å². The first-order chi connectivity index (χ1) is 11.2. The monoisotopic (exact) mass is 359 g/mol. The lowest BCUT2D eigenvalue weighted by atomic mass is 9.88. The summed E-state index contributed by atoms with van der Waals surface area (Å²) in [6.45, 7) is 0. The van der Waals surface area contributed by atoms with Crippen molar-refractivity contribution >= 4 is 23.2 Å². The third kappa shape index (κ3) is 2.39. The Morgan fingerprint density at radius 3 is 2.50 bits per heavy atom. The first-order valence-electron chi connectivity index (χ1n) is 6.74. The molecule has 1 atom stereocenters. The molecule has 0 aliphatic carbocycles. The van der Waals surface area contributed by atoms with Gasteiger partial charge in [-0.15, -0.1) is 0 Å². The Balaban J connectivity index is 2.15. The molecule has 2 aromatic rings. The van der Waals surface area contributed by atoms with Crippen molar-refractivity contribution in [3.8, 4) is 5.75 Å². The number of anilines is 1. The number of benzene rings is 2. The number of fused-ring (bicyclic) bond motifs is 1. The molecular weight excluding hydrogens is 350 g/mol. The molecule has 126 valence electrons. The van der Waals surface area contributed by atoms with Crippen LogP contribution in [0.5, 0.6) is 5.75 Å². The smallest absolute Gasteiger partial charge is 0.416 e. The molecule has 1 amide bonds. The van der Waals surface area contributed by atoms with Crippen LogP contribution < -0.4 is 10.1 Å². The minimum absolute atomic E-state index is 0.0836. The summed E-state index contributed by atoms with van der Waals surface area (Å²) in [7, 11) is 1.33. The summed E-state index contributed by atoms with van der Waals surface area (Å²) >= 11 is 5.88. The van der Waals surface area contributed by atoms with Crippen LogP contribution in [0.1, 0.15) is 16.7 Å². The summed E-state index contributed by atoms with van der Waals surface area (Å²) in [6, 6.07) is 6.29. The van der Waals surface area contributed by atoms with Crippen molar-refractivity contribution in [2.75, 3.05) is 12.4 Å². The number of halogens is 5. The number of carbonyl (C=O) groups excluding carboxylic acids is 1. The molecule has 2 aromatic carbocycles. The van der Waals surface area contributed by atoms with Gasteiger partial charge in [0.2, 0.25) is 5.67 Å². The maximum atomic E-state index is 15.5. The van der Waals surface area contributed by atoms with Gasteiger partial charge >= 0.3 is 6.18 Å². The molecule has 8 heteroatoms. The molecule has 1 N–H and O–H groups in total. The van der Waals surface area contributed by atoms with E-state index >= 15 is 4.39 Å². The minimum Gasteiger partial charge on any atom is -0.495 e. The highest BCUT2D eigenvalue weighted by molar-refractivity contribution is 6.32. The number of alkyl halides is 4. The fourth-order valence-corrected chi connectivity index (χ4v) is 2.81. The van der Waals surface area contributed by atoms with Crippen LogP contribution in [0.2, 0.25) is 5.02 Å². The van der Waals surface area contributed by atoms with Crippen molar-refractivity contribution in [2.45, 2.75) is 11.8 Å². The zero-order valence-electron chi connectivity index (χ0n) is 12.2. The molecule has 1 aliphatic rings. The predicted octanol–water partition coefficient (Wildman–Crippen LogP) is 4.53. The highest BCUT2D eigenvalue weighted by atomic mass is 35.5. The summed E-state index contributed by atoms with van der Waals surface area (Å²) in [5.41, 5.74) is -4.09. The first-order valence-corrected chi connectivity index (χ1v) is 7.12. The van der Waals surface area contributed by atoms with Crippen LogP contribution in [-0.2, 0) is 16.6 Å². The topological polar surface area (TPSA) is 38.3 Å². The van der Waals surface area contributed by atoms with Crippen molar-refractivity contribution in [1.29, 1.82) is 0 Å². The van der Waals surface area contributed by atoms with Gasteiger partial charge in [0, 0.05) is 16.8 Å². The lowest BCUT2D eigenvalue weighted by molar-refractivity contribution is -0.137. The number of nitrogens with one attached hydrogen (secondary N) is 1. The van der Waals surface area contributed by atoms with E-state index in [4.69, 9.17) is 16.3 Å². The molecule has 1 unspecified atom stereocenters. The van der Waals surface area contributed by atoms with Gasteiger partial charge in [0.25, 0.3) is 5.91 Å². The SMILES string of the molecule is COc1cc(C2(F)C(=O)Nc3cc(C(F)(F)F)ccc32)ccc1Cl. The molecule has 3 rings (SSSR count). The van der Waals surface area contributed by atoms with Gasteiger partial charge in [-0.25, -0.2) is 4.39 Å². The molecule has 24 heavy (non-hydrogen) atoms. The van der Waals surface area contributed by atoms with Crippen LogP contribution >= 0.6 is 11.6 Å². The van der Waals surface area contributed by atoms with E-state index in [9.17, 15) is 18.0 Å². The van der Waals surface area contributed by atoms with Gasteiger partial charge in [-0.2, -0.15) is 13.2 Å². The second-order valence-corrected chi connectivity index (χ2v) is 5.63. The highest BCUT2D eigenvalue weighted by Gasteiger charge is 2.50. The van der Waals surface area contributed by atoms with Crippen molar-refractivity contribution in [3.63, 3.8) is 0 Å². The lowest BCUT2D eigenvalue weighted by Crippen LogP contribution is -2.30. The fraction of sp³-hybridized carbons (Fsp3) is 0.188. The number of rotatable bonds is 2. The molecule has 0 spiro atoms. The zero-order valence-corrected chi connectivity index (χ0v) is 12.9. The van der Waals surface area contributed by atoms with Gasteiger partial charge in [0.15, 0.2) is 0 Å². The number of hydrogen-bond acceptors (Lipinski definition) is 2. The van der Waals surface area contributed by atoms with E-state index in [-0.39, 0.29) is 27.6 Å². The number of hydrogen-bond donors (Lipinski definition) is 1. The van der Waals surface area contributed by atoms with Crippen LogP contribution in [0.3, 0.4) is 0 Å². The van der Waals surface area contributed by atoms with Crippen LogP contribution in [0.15, 0.2) is 36.4 Å². The van der Waals surface area contributed by atoms with Crippen molar-refractivity contribution < 1.29 is 27.1 Å². The number of ether oxygens (including phenoxy) is 1. The highest BCUT2D eigenvalue weighted by Crippen LogP contribution is 2.47. The van der Waals surface area contributed by atoms with E-state index in [1.807, 2.05) is 0 Å². The Bertz CT molecular complexity index is 837. The number of amides is 1. The second-order valence-electron chi connectivity index (χ2n) is 5.22. The van der Waals surface area contributed by atoms with Gasteiger partial charge < -0.3 is 10.1 Å². The number of methoxy groups -OCH3 is 1. The molecular formula is C16H10ClF4NO2. The predicted molar refractivity (Wildman–Crippen MR) is 80.0 cm³/mol. The number of carbonyl (C=O) groups is 1. The summed E-state index contributed by atoms with van der Waals surface area (Å²) < 4.78 is 58.8. The van der Waals surface area contributed by atoms with Gasteiger partial charge in [-0.05, 0) is 24.3 Å². The third-order valence-electron chi connectivity index (χ3n) is 3.83. The van der Waals surface area contributed by atoms with E-state index in [0.717, 1.165) is 12.1 Å². The van der Waals surface area contributed by atoms with E-state index < -0.39 is 23.3 Å². The van der Waals surface area contributed by atoms with Crippen LogP contribution in [0.25, 0.3) is 0 Å². The quantitative estimate of drug-likeness (QED) is 0.800. The van der Waals surface area contributed by atoms with Gasteiger partial charge in [-0.1, -0.05) is 23.7 Å². The Morgan fingerprint density at radius 2 is 1.88 bits per heavy atom. The van der Waals surface area contributed by atoms with Crippen LogP contribution in [-0.4, -0.2) is 13.0 Å². The maximum Gasteiger partial charge on any atom is 0.416 e. The first kappa shape index (κ1) is 16.6. The normalized spacial score (nSPS) is 19.8. The molecule has 0 fully saturated rings. The molecule has 1 heterocycles. The van der Waals surface area contributed by atoms with Gasteiger partial charge in [0.1, 0.15) is 5.75 Å². The fourth-order valence-electron chi connectivity index (χ4n) is 2.62. The molecule has 0 radical (unpaired) electrons. The van der Waals surface area contributed by atoms with Crippen LogP contribution in [0.4, 0.5) is 23.2 Å². The zero-order chi connectivity index (χ0) is 17.7. The summed E-state index contributed by atoms with van der Waals surface area (Å²) in [4.78, 5) is 12.2. The standard InChI is InChI=1S/C16H10ClF4NO2/c1-24-13-7-8(3-5-11(13)17)15(18)10-4-2-9(16(19,20)21)6-12(10)22-14(15)23/h2-7H,1H3,(H,22,23). The van der Waals surface area contributed by atoms with Crippen molar-refractivity contribution in [1.82, 2.24) is 0 Å². The molecule has 0 bridgehead atoms.